The Morgan fingerprint density at radius 2 is 1.93 bits per heavy atom. The molecule has 0 fully saturated rings. The predicted molar refractivity (Wildman–Crippen MR) is 117 cm³/mol. The fourth-order valence-electron chi connectivity index (χ4n) is 2.97. The molecule has 1 aromatic heterocycles. The Morgan fingerprint density at radius 3 is 2.57 bits per heavy atom. The lowest BCUT2D eigenvalue weighted by atomic mass is 9.99. The number of rotatable bonds is 10. The van der Waals surface area contributed by atoms with Gasteiger partial charge in [-0.15, -0.1) is 11.3 Å². The molecule has 0 aliphatic rings. The van der Waals surface area contributed by atoms with Crippen LogP contribution in [-0.4, -0.2) is 18.4 Å². The normalized spacial score (nSPS) is 12.5. The molecule has 0 radical (unpaired) electrons. The van der Waals surface area contributed by atoms with Gasteiger partial charge in [0.05, 0.1) is 0 Å². The topological polar surface area (TPSA) is 58.2 Å². The summed E-state index contributed by atoms with van der Waals surface area (Å²) in [6, 6.07) is 11.2. The molecule has 28 heavy (non-hydrogen) atoms. The number of thiophene rings is 1. The summed E-state index contributed by atoms with van der Waals surface area (Å²) in [5, 5.41) is 7.77. The van der Waals surface area contributed by atoms with Gasteiger partial charge in [0.15, 0.2) is 0 Å². The second-order valence-electron chi connectivity index (χ2n) is 6.97. The fraction of sp³-hybridized carbons (Fsp3) is 0.391. The van der Waals surface area contributed by atoms with Gasteiger partial charge in [0, 0.05) is 17.0 Å². The number of hydrogen-bond donors (Lipinski definition) is 2. The molecule has 0 aliphatic carbocycles. The van der Waals surface area contributed by atoms with Crippen LogP contribution in [0.2, 0.25) is 0 Å². The van der Waals surface area contributed by atoms with Gasteiger partial charge < -0.3 is 10.6 Å². The minimum Gasteiger partial charge on any atom is -0.350 e. The van der Waals surface area contributed by atoms with E-state index in [1.54, 1.807) is 12.1 Å². The summed E-state index contributed by atoms with van der Waals surface area (Å²) in [4.78, 5) is 26.5. The first kappa shape index (κ1) is 21.9. The largest absolute Gasteiger partial charge is 0.350 e. The summed E-state index contributed by atoms with van der Waals surface area (Å²) >= 11 is 1.53. The van der Waals surface area contributed by atoms with Crippen LogP contribution < -0.4 is 10.6 Å². The Bertz CT molecular complexity index is 797. The van der Waals surface area contributed by atoms with Crippen LogP contribution in [0.25, 0.3) is 6.08 Å². The lowest BCUT2D eigenvalue weighted by Crippen LogP contribution is -2.37. The molecule has 4 nitrogen and oxygen atoms in total. The molecule has 2 N–H and O–H groups in total. The highest BCUT2D eigenvalue weighted by Gasteiger charge is 2.17. The third-order valence-corrected chi connectivity index (χ3v) is 5.63. The van der Waals surface area contributed by atoms with Crippen molar-refractivity contribution in [3.8, 4) is 0 Å². The highest BCUT2D eigenvalue weighted by molar-refractivity contribution is 7.10. The maximum absolute atomic E-state index is 12.8. The summed E-state index contributed by atoms with van der Waals surface area (Å²) in [6.07, 6.45) is 6.19. The van der Waals surface area contributed by atoms with Crippen LogP contribution in [0.5, 0.6) is 0 Å². The summed E-state index contributed by atoms with van der Waals surface area (Å²) < 4.78 is 0. The molecule has 2 rings (SSSR count). The van der Waals surface area contributed by atoms with Crippen molar-refractivity contribution >= 4 is 29.2 Å². The van der Waals surface area contributed by atoms with Gasteiger partial charge in [0.2, 0.25) is 0 Å². The van der Waals surface area contributed by atoms with Crippen molar-refractivity contribution in [3.63, 3.8) is 0 Å². The molecule has 2 amide bonds. The van der Waals surface area contributed by atoms with Gasteiger partial charge in [-0.3, -0.25) is 9.59 Å². The van der Waals surface area contributed by atoms with E-state index in [4.69, 9.17) is 0 Å². The first-order valence-electron chi connectivity index (χ1n) is 9.95. The lowest BCUT2D eigenvalue weighted by molar-refractivity contribution is -0.117. The quantitative estimate of drug-likeness (QED) is 0.543. The smallest absolute Gasteiger partial charge is 0.267 e. The third kappa shape index (κ3) is 6.64. The molecular formula is C23H30N2O2S. The average Bonchev–Trinajstić information content (AvgIpc) is 3.21. The molecule has 0 unspecified atom stereocenters. The fourth-order valence-corrected chi connectivity index (χ4v) is 3.62. The minimum absolute atomic E-state index is 0.245. The molecular weight excluding hydrogens is 368 g/mol. The van der Waals surface area contributed by atoms with Crippen molar-refractivity contribution in [2.45, 2.75) is 46.5 Å². The second kappa shape index (κ2) is 11.4. The number of hydrogen-bond acceptors (Lipinski definition) is 3. The van der Waals surface area contributed by atoms with Crippen molar-refractivity contribution < 1.29 is 9.59 Å². The molecule has 0 saturated carbocycles. The maximum atomic E-state index is 12.8. The minimum atomic E-state index is -0.269. The number of amides is 2. The van der Waals surface area contributed by atoms with Crippen LogP contribution in [0.1, 0.15) is 60.3 Å². The van der Waals surface area contributed by atoms with E-state index in [9.17, 15) is 9.59 Å². The first-order chi connectivity index (χ1) is 13.5. The molecule has 5 heteroatoms. The van der Waals surface area contributed by atoms with Crippen molar-refractivity contribution in [2.75, 3.05) is 6.54 Å². The predicted octanol–water partition coefficient (Wildman–Crippen LogP) is 5.16. The first-order valence-corrected chi connectivity index (χ1v) is 10.8. The van der Waals surface area contributed by atoms with Gasteiger partial charge >= 0.3 is 0 Å². The molecule has 0 bridgehead atoms. The number of carbonyl (C=O) groups excluding carboxylic acids is 2. The molecule has 2 aromatic rings. The number of nitrogens with one attached hydrogen (secondary N) is 2. The highest BCUT2D eigenvalue weighted by Crippen LogP contribution is 2.15. The monoisotopic (exact) mass is 398 g/mol. The van der Waals surface area contributed by atoms with Gasteiger partial charge in [-0.25, -0.2) is 0 Å². The zero-order chi connectivity index (χ0) is 20.4. The number of carbonyl (C=O) groups is 2. The van der Waals surface area contributed by atoms with Gasteiger partial charge in [-0.1, -0.05) is 57.4 Å². The zero-order valence-corrected chi connectivity index (χ0v) is 17.8. The third-order valence-electron chi connectivity index (χ3n) is 4.81. The molecule has 1 heterocycles. The van der Waals surface area contributed by atoms with E-state index >= 15 is 0 Å². The molecule has 0 spiro atoms. The molecule has 0 aliphatic heterocycles. The van der Waals surface area contributed by atoms with Gasteiger partial charge in [0.1, 0.15) is 5.70 Å². The van der Waals surface area contributed by atoms with Crippen LogP contribution in [0.4, 0.5) is 0 Å². The Kier molecular flexibility index (Phi) is 8.95. The van der Waals surface area contributed by atoms with Gasteiger partial charge in [-0.05, 0) is 48.4 Å². The van der Waals surface area contributed by atoms with Crippen molar-refractivity contribution in [3.05, 3.63) is 63.5 Å². The highest BCUT2D eigenvalue weighted by atomic mass is 32.1. The van der Waals surface area contributed by atoms with E-state index in [0.717, 1.165) is 36.1 Å². The maximum Gasteiger partial charge on any atom is 0.267 e. The number of aryl methyl sites for hydroxylation is 1. The van der Waals surface area contributed by atoms with Crippen molar-refractivity contribution in [2.24, 2.45) is 5.92 Å². The van der Waals surface area contributed by atoms with E-state index < -0.39 is 0 Å². The van der Waals surface area contributed by atoms with Crippen LogP contribution in [-0.2, 0) is 4.79 Å². The second-order valence-corrected chi connectivity index (χ2v) is 7.95. The van der Waals surface area contributed by atoms with Crippen molar-refractivity contribution in [1.82, 2.24) is 10.6 Å². The summed E-state index contributed by atoms with van der Waals surface area (Å²) in [5.74, 6) is -0.0571. The summed E-state index contributed by atoms with van der Waals surface area (Å²) in [5.41, 5.74) is 1.73. The summed E-state index contributed by atoms with van der Waals surface area (Å²) in [6.45, 7) is 6.83. The van der Waals surface area contributed by atoms with Crippen LogP contribution >= 0.6 is 11.3 Å². The summed E-state index contributed by atoms with van der Waals surface area (Å²) in [7, 11) is 0. The molecule has 1 aromatic carbocycles. The van der Waals surface area contributed by atoms with Crippen LogP contribution in [0.3, 0.4) is 0 Å². The Hall–Kier alpha value is -2.40. The Labute approximate surface area is 172 Å². The Morgan fingerprint density at radius 1 is 1.14 bits per heavy atom. The van der Waals surface area contributed by atoms with Gasteiger partial charge in [0.25, 0.3) is 11.8 Å². The lowest BCUT2D eigenvalue weighted by Gasteiger charge is -2.17. The molecule has 150 valence electrons. The SMILES string of the molecule is CCCC[C@H](CC)CNC(=O)/C(=C/c1cccs1)NC(=O)c1ccccc1C. The van der Waals surface area contributed by atoms with E-state index in [-0.39, 0.29) is 17.5 Å². The number of benzene rings is 1. The van der Waals surface area contributed by atoms with Crippen LogP contribution in [0, 0.1) is 12.8 Å². The van der Waals surface area contributed by atoms with E-state index in [1.165, 1.54) is 11.3 Å². The standard InChI is InChI=1S/C23H30N2O2S/c1-4-6-11-18(5-2)16-24-23(27)21(15-19-12-9-14-28-19)25-22(26)20-13-8-7-10-17(20)3/h7-10,12-15,18H,4-6,11,16H2,1-3H3,(H,24,27)(H,25,26)/b21-15-/t18-/m0/s1. The van der Waals surface area contributed by atoms with E-state index in [0.29, 0.717) is 18.0 Å². The Balaban J connectivity index is 2.12. The van der Waals surface area contributed by atoms with Crippen molar-refractivity contribution in [1.29, 1.82) is 0 Å². The van der Waals surface area contributed by atoms with Gasteiger partial charge in [-0.2, -0.15) is 0 Å². The molecule has 1 atom stereocenters. The number of unbranched alkanes of at least 4 members (excludes halogenated alkanes) is 1. The zero-order valence-electron chi connectivity index (χ0n) is 17.0. The average molecular weight is 399 g/mol. The molecule has 0 saturated heterocycles. The van der Waals surface area contributed by atoms with E-state index in [1.807, 2.05) is 42.6 Å². The van der Waals surface area contributed by atoms with E-state index in [2.05, 4.69) is 24.5 Å². The van der Waals surface area contributed by atoms with Crippen LogP contribution in [0.15, 0.2) is 47.5 Å².